The number of hydrogen-bond acceptors (Lipinski definition) is 1. The number of carbonyl (C=O) groups is 1. The normalized spacial score (nSPS) is 12.7. The van der Waals surface area contributed by atoms with Gasteiger partial charge in [0.25, 0.3) is 0 Å². The lowest BCUT2D eigenvalue weighted by Crippen LogP contribution is -1.93. The van der Waals surface area contributed by atoms with Crippen molar-refractivity contribution in [1.82, 2.24) is 0 Å². The van der Waals surface area contributed by atoms with Gasteiger partial charge >= 0.3 is 0 Å². The molecule has 2 aromatic rings. The van der Waals surface area contributed by atoms with Crippen LogP contribution >= 0.6 is 15.9 Å². The van der Waals surface area contributed by atoms with E-state index >= 15 is 0 Å². The summed E-state index contributed by atoms with van der Waals surface area (Å²) >= 11 is 3.44. The first kappa shape index (κ1) is 10.4. The zero-order valence-corrected chi connectivity index (χ0v) is 9.99. The van der Waals surface area contributed by atoms with Crippen LogP contribution in [0.5, 0.6) is 0 Å². The van der Waals surface area contributed by atoms with Crippen LogP contribution in [0.3, 0.4) is 0 Å². The number of benzene rings is 2. The molecule has 2 aromatic carbocycles. The molecule has 1 atom stereocenters. The van der Waals surface area contributed by atoms with Crippen molar-refractivity contribution in [3.63, 3.8) is 0 Å². The maximum absolute atomic E-state index is 10.7. The Hall–Kier alpha value is -1.15. The van der Waals surface area contributed by atoms with Crippen LogP contribution in [0.2, 0.25) is 0 Å². The fourth-order valence-corrected chi connectivity index (χ4v) is 1.98. The van der Waals surface area contributed by atoms with Gasteiger partial charge in [-0.05, 0) is 28.5 Å². The first-order chi connectivity index (χ1) is 7.20. The summed E-state index contributed by atoms with van der Waals surface area (Å²) in [6, 6.07) is 12.3. The zero-order chi connectivity index (χ0) is 10.8. The summed E-state index contributed by atoms with van der Waals surface area (Å²) in [7, 11) is 0. The highest BCUT2D eigenvalue weighted by atomic mass is 79.9. The second-order valence-electron chi connectivity index (χ2n) is 3.68. The highest BCUT2D eigenvalue weighted by molar-refractivity contribution is 9.10. The van der Waals surface area contributed by atoms with Gasteiger partial charge in [0.05, 0.1) is 0 Å². The Labute approximate surface area is 97.2 Å². The molecule has 0 saturated heterocycles. The highest BCUT2D eigenvalue weighted by Gasteiger charge is 2.04. The predicted molar refractivity (Wildman–Crippen MR) is 66.1 cm³/mol. The largest absolute Gasteiger partial charge is 0.303 e. The van der Waals surface area contributed by atoms with Gasteiger partial charge in [0.15, 0.2) is 0 Å². The molecule has 0 spiro atoms. The van der Waals surface area contributed by atoms with E-state index in [1.54, 1.807) is 0 Å². The van der Waals surface area contributed by atoms with Crippen molar-refractivity contribution in [3.8, 4) is 0 Å². The quantitative estimate of drug-likeness (QED) is 0.751. The summed E-state index contributed by atoms with van der Waals surface area (Å²) in [5, 5.41) is 2.36. The van der Waals surface area contributed by atoms with E-state index in [2.05, 4.69) is 40.2 Å². The molecular formula is C13H11BrO. The number of aldehydes is 1. The van der Waals surface area contributed by atoms with Gasteiger partial charge in [0.2, 0.25) is 0 Å². The SMILES string of the molecule is CC(C=O)c1ccc2ccc(Br)cc2c1. The Morgan fingerprint density at radius 2 is 1.87 bits per heavy atom. The second kappa shape index (κ2) is 4.15. The van der Waals surface area contributed by atoms with Crippen LogP contribution in [0.4, 0.5) is 0 Å². The standard InChI is InChI=1S/C13H11BrO/c1-9(8-15)11-3-2-10-4-5-13(14)7-12(10)6-11/h2-9H,1H3. The molecule has 0 aromatic heterocycles. The van der Waals surface area contributed by atoms with Crippen LogP contribution < -0.4 is 0 Å². The van der Waals surface area contributed by atoms with E-state index in [1.165, 1.54) is 5.39 Å². The van der Waals surface area contributed by atoms with Crippen LogP contribution in [-0.4, -0.2) is 6.29 Å². The Morgan fingerprint density at radius 1 is 1.13 bits per heavy atom. The molecule has 0 heterocycles. The van der Waals surface area contributed by atoms with Gasteiger partial charge in [0.1, 0.15) is 6.29 Å². The van der Waals surface area contributed by atoms with Crippen LogP contribution in [-0.2, 0) is 4.79 Å². The minimum Gasteiger partial charge on any atom is -0.303 e. The lowest BCUT2D eigenvalue weighted by atomic mass is 9.99. The van der Waals surface area contributed by atoms with Crippen molar-refractivity contribution < 1.29 is 4.79 Å². The number of fused-ring (bicyclic) bond motifs is 1. The van der Waals surface area contributed by atoms with Crippen LogP contribution in [0.25, 0.3) is 10.8 Å². The first-order valence-electron chi connectivity index (χ1n) is 4.85. The molecule has 2 rings (SSSR count). The molecule has 0 radical (unpaired) electrons. The van der Waals surface area contributed by atoms with E-state index in [0.29, 0.717) is 0 Å². The van der Waals surface area contributed by atoms with Crippen molar-refractivity contribution in [2.45, 2.75) is 12.8 Å². The summed E-state index contributed by atoms with van der Waals surface area (Å²) in [5.41, 5.74) is 1.07. The summed E-state index contributed by atoms with van der Waals surface area (Å²) in [4.78, 5) is 10.7. The van der Waals surface area contributed by atoms with Gasteiger partial charge in [-0.15, -0.1) is 0 Å². The molecule has 0 amide bonds. The van der Waals surface area contributed by atoms with Crippen molar-refractivity contribution in [2.75, 3.05) is 0 Å². The third-order valence-electron chi connectivity index (χ3n) is 2.56. The lowest BCUT2D eigenvalue weighted by Gasteiger charge is -2.06. The van der Waals surface area contributed by atoms with E-state index in [9.17, 15) is 4.79 Å². The first-order valence-corrected chi connectivity index (χ1v) is 5.64. The Kier molecular flexibility index (Phi) is 2.87. The predicted octanol–water partition coefficient (Wildman–Crippen LogP) is 3.90. The van der Waals surface area contributed by atoms with E-state index < -0.39 is 0 Å². The molecule has 0 N–H and O–H groups in total. The van der Waals surface area contributed by atoms with Gasteiger partial charge in [-0.1, -0.05) is 47.1 Å². The van der Waals surface area contributed by atoms with Crippen molar-refractivity contribution >= 4 is 33.0 Å². The Balaban J connectivity index is 2.58. The fraction of sp³-hybridized carbons (Fsp3) is 0.154. The average Bonchev–Trinajstić information content (AvgIpc) is 2.27. The van der Waals surface area contributed by atoms with Crippen molar-refractivity contribution in [2.24, 2.45) is 0 Å². The highest BCUT2D eigenvalue weighted by Crippen LogP contribution is 2.23. The molecule has 0 fully saturated rings. The summed E-state index contributed by atoms with van der Waals surface area (Å²) in [5.74, 6) is -0.0339. The van der Waals surface area contributed by atoms with Gasteiger partial charge in [-0.2, -0.15) is 0 Å². The molecule has 76 valence electrons. The van der Waals surface area contributed by atoms with E-state index in [0.717, 1.165) is 21.7 Å². The van der Waals surface area contributed by atoms with Crippen LogP contribution in [0, 0.1) is 0 Å². The molecule has 15 heavy (non-hydrogen) atoms. The molecule has 0 aliphatic rings. The van der Waals surface area contributed by atoms with Gasteiger partial charge in [0, 0.05) is 10.4 Å². The maximum atomic E-state index is 10.7. The fourth-order valence-electron chi connectivity index (χ4n) is 1.60. The number of halogens is 1. The Morgan fingerprint density at radius 3 is 2.60 bits per heavy atom. The van der Waals surface area contributed by atoms with E-state index in [4.69, 9.17) is 0 Å². The van der Waals surface area contributed by atoms with Gasteiger partial charge < -0.3 is 4.79 Å². The van der Waals surface area contributed by atoms with Crippen LogP contribution in [0.15, 0.2) is 40.9 Å². The molecule has 2 heteroatoms. The average molecular weight is 263 g/mol. The summed E-state index contributed by atoms with van der Waals surface area (Å²) in [6.45, 7) is 1.91. The third kappa shape index (κ3) is 2.10. The summed E-state index contributed by atoms with van der Waals surface area (Å²) < 4.78 is 1.06. The van der Waals surface area contributed by atoms with E-state index in [-0.39, 0.29) is 5.92 Å². The molecular weight excluding hydrogens is 252 g/mol. The number of hydrogen-bond donors (Lipinski definition) is 0. The van der Waals surface area contributed by atoms with Crippen molar-refractivity contribution in [3.05, 3.63) is 46.4 Å². The monoisotopic (exact) mass is 262 g/mol. The molecule has 0 aliphatic heterocycles. The lowest BCUT2D eigenvalue weighted by molar-refractivity contribution is -0.108. The summed E-state index contributed by atoms with van der Waals surface area (Å²) in [6.07, 6.45) is 0.971. The maximum Gasteiger partial charge on any atom is 0.127 e. The van der Waals surface area contributed by atoms with Gasteiger partial charge in [-0.3, -0.25) is 0 Å². The molecule has 0 saturated carbocycles. The third-order valence-corrected chi connectivity index (χ3v) is 3.05. The molecule has 0 bridgehead atoms. The number of rotatable bonds is 2. The number of carbonyl (C=O) groups excluding carboxylic acids is 1. The van der Waals surface area contributed by atoms with Crippen molar-refractivity contribution in [1.29, 1.82) is 0 Å². The zero-order valence-electron chi connectivity index (χ0n) is 8.41. The minimum absolute atomic E-state index is 0.0339. The molecule has 0 aliphatic carbocycles. The van der Waals surface area contributed by atoms with Gasteiger partial charge in [-0.25, -0.2) is 0 Å². The minimum atomic E-state index is -0.0339. The van der Waals surface area contributed by atoms with Crippen LogP contribution in [0.1, 0.15) is 18.4 Å². The molecule has 1 nitrogen and oxygen atoms in total. The second-order valence-corrected chi connectivity index (χ2v) is 4.59. The smallest absolute Gasteiger partial charge is 0.127 e. The topological polar surface area (TPSA) is 17.1 Å². The van der Waals surface area contributed by atoms with E-state index in [1.807, 2.05) is 19.1 Å². The Bertz CT molecular complexity index is 505. The molecule has 1 unspecified atom stereocenters.